The topological polar surface area (TPSA) is 49.2 Å². The van der Waals surface area contributed by atoms with Crippen LogP contribution in [0.5, 0.6) is 0 Å². The predicted octanol–water partition coefficient (Wildman–Crippen LogP) is 5.82. The standard InChI is InChI=1S/C28H35F3N6/c1-20(18-37-12-8-24(9-13-37)28(29,30)31)34-27-15-23-14-21(6-7-22(23)16-32-27)25-17-33-35(2)26(25)19-36-10-4-3-5-11-36/h6-7,14-17,24H,1,3-5,8-13,18-19H2,2H3,(H,32,34). The highest BCUT2D eigenvalue weighted by molar-refractivity contribution is 5.88. The number of rotatable bonds is 7. The maximum absolute atomic E-state index is 12.9. The summed E-state index contributed by atoms with van der Waals surface area (Å²) in [5, 5.41) is 9.91. The molecule has 1 aromatic carbocycles. The normalized spacial score (nSPS) is 18.4. The van der Waals surface area contributed by atoms with E-state index in [2.05, 4.69) is 45.1 Å². The molecular formula is C28H35F3N6. The zero-order chi connectivity index (χ0) is 26.0. The Morgan fingerprint density at radius 1 is 1.00 bits per heavy atom. The van der Waals surface area contributed by atoms with Gasteiger partial charge in [0.25, 0.3) is 0 Å². The number of anilines is 1. The summed E-state index contributed by atoms with van der Waals surface area (Å²) in [5.41, 5.74) is 4.21. The van der Waals surface area contributed by atoms with E-state index in [1.54, 1.807) is 0 Å². The third kappa shape index (κ3) is 6.15. The van der Waals surface area contributed by atoms with Gasteiger partial charge in [-0.15, -0.1) is 0 Å². The number of fused-ring (bicyclic) bond motifs is 1. The molecule has 2 saturated heterocycles. The number of pyridine rings is 1. The minimum atomic E-state index is -4.10. The summed E-state index contributed by atoms with van der Waals surface area (Å²) in [7, 11) is 2.01. The van der Waals surface area contributed by atoms with E-state index in [1.807, 2.05) is 35.1 Å². The van der Waals surface area contributed by atoms with Gasteiger partial charge >= 0.3 is 6.18 Å². The van der Waals surface area contributed by atoms with Crippen LogP contribution in [0.2, 0.25) is 0 Å². The lowest BCUT2D eigenvalue weighted by Gasteiger charge is -2.33. The van der Waals surface area contributed by atoms with Crippen LogP contribution in [-0.4, -0.2) is 63.5 Å². The molecule has 9 heteroatoms. The lowest BCUT2D eigenvalue weighted by atomic mass is 9.96. The van der Waals surface area contributed by atoms with Gasteiger partial charge in [0.15, 0.2) is 0 Å². The van der Waals surface area contributed by atoms with Crippen LogP contribution in [-0.2, 0) is 13.6 Å². The molecule has 6 nitrogen and oxygen atoms in total. The minimum Gasteiger partial charge on any atom is -0.343 e. The molecule has 0 unspecified atom stereocenters. The Morgan fingerprint density at radius 3 is 2.49 bits per heavy atom. The van der Waals surface area contributed by atoms with Crippen molar-refractivity contribution in [1.82, 2.24) is 24.6 Å². The summed E-state index contributed by atoms with van der Waals surface area (Å²) in [6.07, 6.45) is 3.79. The molecule has 2 aliphatic heterocycles. The number of likely N-dealkylation sites (tertiary alicyclic amines) is 2. The molecule has 5 rings (SSSR count). The van der Waals surface area contributed by atoms with Gasteiger partial charge in [-0.05, 0) is 74.9 Å². The van der Waals surface area contributed by atoms with Gasteiger partial charge in [0.2, 0.25) is 0 Å². The molecular weight excluding hydrogens is 477 g/mol. The Bertz CT molecular complexity index is 1240. The largest absolute Gasteiger partial charge is 0.391 e. The van der Waals surface area contributed by atoms with Gasteiger partial charge in [-0.3, -0.25) is 14.5 Å². The summed E-state index contributed by atoms with van der Waals surface area (Å²) in [6.45, 7) is 8.60. The molecule has 0 atom stereocenters. The van der Waals surface area contributed by atoms with Crippen molar-refractivity contribution in [3.05, 3.63) is 54.6 Å². The summed E-state index contributed by atoms with van der Waals surface area (Å²) in [5.74, 6) is -0.513. The Labute approximate surface area is 216 Å². The van der Waals surface area contributed by atoms with E-state index in [9.17, 15) is 13.2 Å². The predicted molar refractivity (Wildman–Crippen MR) is 141 cm³/mol. The number of aryl methyl sites for hydroxylation is 1. The Balaban J connectivity index is 1.26. The second-order valence-corrected chi connectivity index (χ2v) is 10.4. The van der Waals surface area contributed by atoms with Crippen molar-refractivity contribution in [1.29, 1.82) is 0 Å². The van der Waals surface area contributed by atoms with Crippen molar-refractivity contribution in [3.8, 4) is 11.1 Å². The molecule has 2 aliphatic rings. The molecule has 0 saturated carbocycles. The first kappa shape index (κ1) is 25.7. The van der Waals surface area contributed by atoms with E-state index in [4.69, 9.17) is 0 Å². The maximum atomic E-state index is 12.9. The van der Waals surface area contributed by atoms with Gasteiger partial charge < -0.3 is 5.32 Å². The van der Waals surface area contributed by atoms with Crippen molar-refractivity contribution in [3.63, 3.8) is 0 Å². The third-order valence-electron chi connectivity index (χ3n) is 7.69. The first-order valence-corrected chi connectivity index (χ1v) is 13.1. The van der Waals surface area contributed by atoms with E-state index in [-0.39, 0.29) is 12.8 Å². The molecule has 3 aromatic rings. The highest BCUT2D eigenvalue weighted by Crippen LogP contribution is 2.34. The lowest BCUT2D eigenvalue weighted by molar-refractivity contribution is -0.184. The lowest BCUT2D eigenvalue weighted by Crippen LogP contribution is -2.40. The zero-order valence-corrected chi connectivity index (χ0v) is 21.4. The van der Waals surface area contributed by atoms with Gasteiger partial charge in [0.05, 0.1) is 17.8 Å². The van der Waals surface area contributed by atoms with Crippen LogP contribution in [0.15, 0.2) is 48.9 Å². The summed E-state index contributed by atoms with van der Waals surface area (Å²) < 4.78 is 40.8. The summed E-state index contributed by atoms with van der Waals surface area (Å²) in [6, 6.07) is 8.38. The second kappa shape index (κ2) is 10.8. The van der Waals surface area contributed by atoms with E-state index in [1.165, 1.54) is 25.0 Å². The maximum Gasteiger partial charge on any atom is 0.391 e. The molecule has 1 N–H and O–H groups in total. The number of benzene rings is 1. The number of nitrogens with zero attached hydrogens (tertiary/aromatic N) is 5. The average Bonchev–Trinajstić information content (AvgIpc) is 3.23. The number of alkyl halides is 3. The average molecular weight is 513 g/mol. The molecule has 0 spiro atoms. The Kier molecular flexibility index (Phi) is 7.53. The van der Waals surface area contributed by atoms with Crippen LogP contribution < -0.4 is 5.32 Å². The Morgan fingerprint density at radius 2 is 1.76 bits per heavy atom. The number of piperidine rings is 2. The second-order valence-electron chi connectivity index (χ2n) is 10.4. The van der Waals surface area contributed by atoms with Gasteiger partial charge in [-0.25, -0.2) is 4.98 Å². The fourth-order valence-electron chi connectivity index (χ4n) is 5.51. The molecule has 4 heterocycles. The number of aromatic nitrogens is 3. The summed E-state index contributed by atoms with van der Waals surface area (Å²) >= 11 is 0. The van der Waals surface area contributed by atoms with Crippen LogP contribution in [0.4, 0.5) is 19.0 Å². The van der Waals surface area contributed by atoms with Gasteiger partial charge in [-0.2, -0.15) is 18.3 Å². The van der Waals surface area contributed by atoms with Crippen LogP contribution in [0.1, 0.15) is 37.8 Å². The number of hydrogen-bond acceptors (Lipinski definition) is 5. The van der Waals surface area contributed by atoms with Crippen LogP contribution in [0.25, 0.3) is 21.9 Å². The molecule has 0 aliphatic carbocycles. The molecule has 37 heavy (non-hydrogen) atoms. The van der Waals surface area contributed by atoms with E-state index in [0.717, 1.165) is 47.2 Å². The number of nitrogens with one attached hydrogen (secondary N) is 1. The van der Waals surface area contributed by atoms with Crippen molar-refractivity contribution < 1.29 is 13.2 Å². The van der Waals surface area contributed by atoms with Crippen LogP contribution >= 0.6 is 0 Å². The first-order valence-electron chi connectivity index (χ1n) is 13.1. The highest BCUT2D eigenvalue weighted by Gasteiger charge is 2.41. The quantitative estimate of drug-likeness (QED) is 0.432. The molecule has 0 bridgehead atoms. The van der Waals surface area contributed by atoms with Crippen LogP contribution in [0.3, 0.4) is 0 Å². The smallest absolute Gasteiger partial charge is 0.343 e. The minimum absolute atomic E-state index is 0.141. The monoisotopic (exact) mass is 512 g/mol. The first-order chi connectivity index (χ1) is 17.8. The van der Waals surface area contributed by atoms with E-state index < -0.39 is 12.1 Å². The highest BCUT2D eigenvalue weighted by atomic mass is 19.4. The SMILES string of the molecule is C=C(CN1CCC(C(F)(F)F)CC1)Nc1cc2cc(-c3cnn(C)c3CN3CCCCC3)ccc2cn1. The van der Waals surface area contributed by atoms with Gasteiger partial charge in [0, 0.05) is 43.0 Å². The molecule has 2 fully saturated rings. The Hall–Kier alpha value is -2.91. The molecule has 198 valence electrons. The van der Waals surface area contributed by atoms with Crippen molar-refractivity contribution in [2.24, 2.45) is 13.0 Å². The fraction of sp³-hybridized carbons (Fsp3) is 0.500. The zero-order valence-electron chi connectivity index (χ0n) is 21.4. The van der Waals surface area contributed by atoms with E-state index in [0.29, 0.717) is 25.5 Å². The van der Waals surface area contributed by atoms with Gasteiger partial charge in [0.1, 0.15) is 5.82 Å². The number of hydrogen-bond donors (Lipinski definition) is 1. The van der Waals surface area contributed by atoms with E-state index >= 15 is 0 Å². The fourth-order valence-corrected chi connectivity index (χ4v) is 5.51. The van der Waals surface area contributed by atoms with Crippen LogP contribution in [0, 0.1) is 5.92 Å². The van der Waals surface area contributed by atoms with Crippen molar-refractivity contribution >= 4 is 16.6 Å². The molecule has 0 amide bonds. The van der Waals surface area contributed by atoms with Gasteiger partial charge in [-0.1, -0.05) is 25.1 Å². The van der Waals surface area contributed by atoms with Crippen molar-refractivity contribution in [2.75, 3.05) is 38.0 Å². The third-order valence-corrected chi connectivity index (χ3v) is 7.69. The molecule has 2 aromatic heterocycles. The molecule has 0 radical (unpaired) electrons. The number of halogens is 3. The summed E-state index contributed by atoms with van der Waals surface area (Å²) in [4.78, 5) is 9.05. The van der Waals surface area contributed by atoms with Crippen molar-refractivity contribution in [2.45, 2.75) is 44.8 Å².